The number of piperidine rings is 4. The molecule has 1 aliphatic carbocycles. The SMILES string of the molecule is CC[C@H]1C2C[C@H]3[C@@H]4N(C)c5ccccc5C45C[C@@H](C2C5O)N3[C@@H]1O.Cl. The Hall–Kier alpha value is -0.810. The van der Waals surface area contributed by atoms with E-state index in [0.717, 1.165) is 19.3 Å². The maximum Gasteiger partial charge on any atom is 0.111 e. The van der Waals surface area contributed by atoms with Gasteiger partial charge in [-0.25, -0.2) is 0 Å². The van der Waals surface area contributed by atoms with Crippen LogP contribution >= 0.6 is 12.4 Å². The molecule has 5 fully saturated rings. The van der Waals surface area contributed by atoms with Crippen LogP contribution in [0.2, 0.25) is 0 Å². The lowest BCUT2D eigenvalue weighted by atomic mass is 9.62. The fourth-order valence-corrected chi connectivity index (χ4v) is 7.88. The normalized spacial score (nSPS) is 53.6. The molecule has 7 rings (SSSR count). The molecule has 25 heavy (non-hydrogen) atoms. The van der Waals surface area contributed by atoms with Crippen LogP contribution in [0.15, 0.2) is 24.3 Å². The molecule has 6 aliphatic rings. The molecule has 0 amide bonds. The molecular formula is C20H27ClN2O2. The third-order valence-electron chi connectivity index (χ3n) is 8.46. The summed E-state index contributed by atoms with van der Waals surface area (Å²) in [6.07, 6.45) is 2.56. The number of likely N-dealkylation sites (N-methyl/N-ethyl adjacent to an activating group) is 1. The number of halogens is 1. The Kier molecular flexibility index (Phi) is 3.22. The fraction of sp³-hybridized carbons (Fsp3) is 0.700. The van der Waals surface area contributed by atoms with Crippen molar-refractivity contribution in [3.05, 3.63) is 29.8 Å². The smallest absolute Gasteiger partial charge is 0.111 e. The summed E-state index contributed by atoms with van der Waals surface area (Å²) >= 11 is 0. The molecule has 1 aromatic rings. The van der Waals surface area contributed by atoms with Crippen molar-refractivity contribution in [1.82, 2.24) is 4.90 Å². The third kappa shape index (κ3) is 1.50. The third-order valence-corrected chi connectivity index (χ3v) is 8.46. The summed E-state index contributed by atoms with van der Waals surface area (Å²) in [7, 11) is 2.19. The van der Waals surface area contributed by atoms with Gasteiger partial charge < -0.3 is 15.1 Å². The Bertz CT molecular complexity index is 729. The molecule has 5 bridgehead atoms. The van der Waals surface area contributed by atoms with E-state index < -0.39 is 0 Å². The molecule has 1 aromatic carbocycles. The minimum atomic E-state index is -0.319. The van der Waals surface area contributed by atoms with Gasteiger partial charge in [-0.1, -0.05) is 25.1 Å². The van der Waals surface area contributed by atoms with Gasteiger partial charge in [0.1, 0.15) is 6.23 Å². The van der Waals surface area contributed by atoms with Crippen LogP contribution in [0.4, 0.5) is 5.69 Å². The largest absolute Gasteiger partial charge is 0.392 e. The van der Waals surface area contributed by atoms with Gasteiger partial charge in [0.05, 0.1) is 12.1 Å². The van der Waals surface area contributed by atoms with Gasteiger partial charge in [-0.15, -0.1) is 12.4 Å². The van der Waals surface area contributed by atoms with Crippen molar-refractivity contribution in [2.24, 2.45) is 17.8 Å². The van der Waals surface area contributed by atoms with E-state index >= 15 is 0 Å². The lowest BCUT2D eigenvalue weighted by Gasteiger charge is -2.62. The standard InChI is InChI=1S/C20H26N2O2.ClH/c1-3-10-11-8-14-17-20(12-6-4-5-7-13(12)21(17)2)9-15(16(11)18(20)23)22(14)19(10)24;/h4-7,10-11,14-19,23-24H,3,8-9H2,1-2H3;1H/t10-,11?,14-,15-,16?,17-,18?,19+,20?;/m0./s1. The van der Waals surface area contributed by atoms with Crippen LogP contribution in [0.5, 0.6) is 0 Å². The first-order chi connectivity index (χ1) is 11.6. The average molecular weight is 363 g/mol. The molecule has 5 unspecified atom stereocenters. The quantitative estimate of drug-likeness (QED) is 0.802. The molecule has 0 aromatic heterocycles. The summed E-state index contributed by atoms with van der Waals surface area (Å²) in [5, 5.41) is 22.6. The molecule has 5 heteroatoms. The lowest BCUT2D eigenvalue weighted by Crippen LogP contribution is -2.72. The minimum absolute atomic E-state index is 0. The maximum absolute atomic E-state index is 11.6. The van der Waals surface area contributed by atoms with Crippen molar-refractivity contribution >= 4 is 18.1 Å². The molecule has 10 atom stereocenters. The molecule has 136 valence electrons. The first-order valence-corrected chi connectivity index (χ1v) is 9.57. The lowest BCUT2D eigenvalue weighted by molar-refractivity contribution is -0.211. The zero-order valence-corrected chi connectivity index (χ0v) is 15.6. The zero-order chi connectivity index (χ0) is 16.4. The van der Waals surface area contributed by atoms with E-state index in [0.29, 0.717) is 35.9 Å². The molecule has 2 N–H and O–H groups in total. The van der Waals surface area contributed by atoms with Crippen molar-refractivity contribution in [2.75, 3.05) is 11.9 Å². The Morgan fingerprint density at radius 2 is 1.96 bits per heavy atom. The van der Waals surface area contributed by atoms with Gasteiger partial charge in [0.15, 0.2) is 0 Å². The van der Waals surface area contributed by atoms with E-state index in [1.165, 1.54) is 11.3 Å². The number of rotatable bonds is 1. The monoisotopic (exact) mass is 362 g/mol. The van der Waals surface area contributed by atoms with Crippen LogP contribution in [-0.4, -0.2) is 52.6 Å². The Morgan fingerprint density at radius 1 is 1.20 bits per heavy atom. The number of nitrogens with zero attached hydrogens (tertiary/aromatic N) is 2. The highest BCUT2D eigenvalue weighted by molar-refractivity contribution is 5.85. The van der Waals surface area contributed by atoms with Gasteiger partial charge in [0, 0.05) is 42.1 Å². The Labute approximate surface area is 155 Å². The highest BCUT2D eigenvalue weighted by Crippen LogP contribution is 2.68. The van der Waals surface area contributed by atoms with Gasteiger partial charge in [-0.2, -0.15) is 0 Å². The van der Waals surface area contributed by atoms with Gasteiger partial charge in [0.2, 0.25) is 0 Å². The number of anilines is 1. The molecule has 1 saturated carbocycles. The Morgan fingerprint density at radius 3 is 2.72 bits per heavy atom. The second kappa shape index (κ2) is 4.92. The van der Waals surface area contributed by atoms with E-state index in [4.69, 9.17) is 0 Å². The van der Waals surface area contributed by atoms with Gasteiger partial charge in [-0.05, 0) is 36.8 Å². The molecule has 5 aliphatic heterocycles. The van der Waals surface area contributed by atoms with Gasteiger partial charge >= 0.3 is 0 Å². The van der Waals surface area contributed by atoms with Crippen molar-refractivity contribution < 1.29 is 10.2 Å². The topological polar surface area (TPSA) is 46.9 Å². The van der Waals surface area contributed by atoms with E-state index in [2.05, 4.69) is 48.0 Å². The fourth-order valence-electron chi connectivity index (χ4n) is 7.88. The van der Waals surface area contributed by atoms with Gasteiger partial charge in [-0.3, -0.25) is 4.90 Å². The first kappa shape index (κ1) is 16.4. The van der Waals surface area contributed by atoms with Gasteiger partial charge in [0.25, 0.3) is 0 Å². The van der Waals surface area contributed by atoms with Crippen molar-refractivity contribution in [3.8, 4) is 0 Å². The minimum Gasteiger partial charge on any atom is -0.392 e. The zero-order valence-electron chi connectivity index (χ0n) is 14.7. The van der Waals surface area contributed by atoms with E-state index in [-0.39, 0.29) is 30.2 Å². The predicted octanol–water partition coefficient (Wildman–Crippen LogP) is 1.98. The summed E-state index contributed by atoms with van der Waals surface area (Å²) < 4.78 is 0. The highest BCUT2D eigenvalue weighted by Gasteiger charge is 2.76. The molecule has 0 radical (unpaired) electrons. The highest BCUT2D eigenvalue weighted by atomic mass is 35.5. The Balaban J connectivity index is 0.00000140. The number of hydrogen-bond donors (Lipinski definition) is 2. The molecular weight excluding hydrogens is 336 g/mol. The average Bonchev–Trinajstić information content (AvgIpc) is 2.97. The number of para-hydroxylation sites is 1. The summed E-state index contributed by atoms with van der Waals surface area (Å²) in [6, 6.07) is 9.70. The number of hydrogen-bond acceptors (Lipinski definition) is 4. The molecule has 5 heterocycles. The van der Waals surface area contributed by atoms with Crippen LogP contribution < -0.4 is 4.90 Å². The van der Waals surface area contributed by atoms with Crippen LogP contribution in [0.1, 0.15) is 31.7 Å². The summed E-state index contributed by atoms with van der Waals surface area (Å²) in [6.45, 7) is 2.19. The molecule has 4 nitrogen and oxygen atoms in total. The summed E-state index contributed by atoms with van der Waals surface area (Å²) in [4.78, 5) is 4.83. The second-order valence-electron chi connectivity index (χ2n) is 8.81. The van der Waals surface area contributed by atoms with E-state index in [9.17, 15) is 10.2 Å². The van der Waals surface area contributed by atoms with E-state index in [1.807, 2.05) is 0 Å². The second-order valence-corrected chi connectivity index (χ2v) is 8.81. The number of fused-ring (bicyclic) bond motifs is 2. The summed E-state index contributed by atoms with van der Waals surface area (Å²) in [5.41, 5.74) is 2.51. The predicted molar refractivity (Wildman–Crippen MR) is 99.0 cm³/mol. The number of aliphatic hydroxyl groups excluding tert-OH is 2. The molecule has 4 saturated heterocycles. The first-order valence-electron chi connectivity index (χ1n) is 9.57. The van der Waals surface area contributed by atoms with Crippen molar-refractivity contribution in [2.45, 2.75) is 62.1 Å². The van der Waals surface area contributed by atoms with Crippen molar-refractivity contribution in [1.29, 1.82) is 0 Å². The molecule has 1 spiro atoms. The van der Waals surface area contributed by atoms with Crippen LogP contribution in [0.3, 0.4) is 0 Å². The van der Waals surface area contributed by atoms with E-state index in [1.54, 1.807) is 0 Å². The van der Waals surface area contributed by atoms with Crippen LogP contribution in [0, 0.1) is 17.8 Å². The summed E-state index contributed by atoms with van der Waals surface area (Å²) in [5.74, 6) is 1.14. The van der Waals surface area contributed by atoms with Crippen LogP contribution in [0.25, 0.3) is 0 Å². The number of benzene rings is 1. The maximum atomic E-state index is 11.6. The number of aliphatic hydroxyl groups is 2. The van der Waals surface area contributed by atoms with Crippen LogP contribution in [-0.2, 0) is 5.41 Å². The van der Waals surface area contributed by atoms with Crippen molar-refractivity contribution in [3.63, 3.8) is 0 Å².